The first-order valence-electron chi connectivity index (χ1n) is 3.39. The third-order valence-electron chi connectivity index (χ3n) is 1.05. The lowest BCUT2D eigenvalue weighted by Gasteiger charge is -2.00. The van der Waals surface area contributed by atoms with Gasteiger partial charge in [-0.3, -0.25) is 0 Å². The van der Waals surface area contributed by atoms with Crippen LogP contribution in [0, 0.1) is 0 Å². The highest BCUT2D eigenvalue weighted by Crippen LogP contribution is 1.90. The van der Waals surface area contributed by atoms with Crippen LogP contribution in [0.4, 0.5) is 0 Å². The van der Waals surface area contributed by atoms with Gasteiger partial charge in [0.2, 0.25) is 10.5 Å². The summed E-state index contributed by atoms with van der Waals surface area (Å²) in [6, 6.07) is 0. The lowest BCUT2D eigenvalue weighted by Crippen LogP contribution is -2.02. The summed E-state index contributed by atoms with van der Waals surface area (Å²) in [6.45, 7) is 4.33. The summed E-state index contributed by atoms with van der Waals surface area (Å²) in [5.74, 6) is -0.371. The molecule has 0 aromatic carbocycles. The standard InChI is InChI=1S/C7H11O3Si/c1-2-7(8)9-5-3-4-6-10-11/h2H,1,3-6H2. The van der Waals surface area contributed by atoms with Crippen LogP contribution in [0.3, 0.4) is 0 Å². The largest absolute Gasteiger partial charge is 0.463 e. The monoisotopic (exact) mass is 171 g/mol. The molecule has 0 spiro atoms. The van der Waals surface area contributed by atoms with E-state index in [4.69, 9.17) is 4.74 Å². The van der Waals surface area contributed by atoms with Gasteiger partial charge in [-0.1, -0.05) is 6.58 Å². The van der Waals surface area contributed by atoms with E-state index >= 15 is 0 Å². The number of carbonyl (C=O) groups excluding carboxylic acids is 1. The lowest BCUT2D eigenvalue weighted by atomic mass is 10.3. The van der Waals surface area contributed by atoms with E-state index in [0.29, 0.717) is 13.2 Å². The first-order valence-corrected chi connectivity index (χ1v) is 3.79. The second-order valence-corrected chi connectivity index (χ2v) is 2.22. The molecule has 0 aromatic heterocycles. The summed E-state index contributed by atoms with van der Waals surface area (Å²) in [6.07, 6.45) is 2.83. The fourth-order valence-corrected chi connectivity index (χ4v) is 0.652. The first-order chi connectivity index (χ1) is 5.31. The van der Waals surface area contributed by atoms with Crippen LogP contribution in [0.2, 0.25) is 0 Å². The van der Waals surface area contributed by atoms with Gasteiger partial charge in [-0.15, -0.1) is 0 Å². The predicted molar refractivity (Wildman–Crippen MR) is 42.1 cm³/mol. The zero-order valence-corrected chi connectivity index (χ0v) is 7.34. The van der Waals surface area contributed by atoms with Gasteiger partial charge in [-0.05, 0) is 12.8 Å². The zero-order chi connectivity index (χ0) is 8.53. The molecule has 0 aromatic rings. The minimum atomic E-state index is -0.371. The smallest absolute Gasteiger partial charge is 0.330 e. The Kier molecular flexibility index (Phi) is 7.08. The summed E-state index contributed by atoms with van der Waals surface area (Å²) in [7, 11) is 2.86. The van der Waals surface area contributed by atoms with E-state index in [9.17, 15) is 4.79 Å². The Labute approximate surface area is 69.9 Å². The van der Waals surface area contributed by atoms with Crippen molar-refractivity contribution in [1.29, 1.82) is 0 Å². The van der Waals surface area contributed by atoms with Gasteiger partial charge in [-0.25, -0.2) is 4.79 Å². The summed E-state index contributed by atoms with van der Waals surface area (Å²) >= 11 is 0. The average molecular weight is 171 g/mol. The van der Waals surface area contributed by atoms with Gasteiger partial charge in [0, 0.05) is 12.7 Å². The minimum absolute atomic E-state index is 0.371. The molecule has 0 atom stereocenters. The summed E-state index contributed by atoms with van der Waals surface area (Å²) < 4.78 is 9.33. The molecule has 0 N–H and O–H groups in total. The van der Waals surface area contributed by atoms with Crippen molar-refractivity contribution >= 4 is 16.5 Å². The van der Waals surface area contributed by atoms with Crippen LogP contribution < -0.4 is 0 Å². The molecule has 0 aliphatic carbocycles. The first kappa shape index (κ1) is 10.4. The van der Waals surface area contributed by atoms with Crippen LogP contribution in [0.5, 0.6) is 0 Å². The normalized spacial score (nSPS) is 9.18. The van der Waals surface area contributed by atoms with Crippen molar-refractivity contribution in [3.05, 3.63) is 12.7 Å². The van der Waals surface area contributed by atoms with Crippen molar-refractivity contribution < 1.29 is 14.0 Å². The molecule has 0 heterocycles. The van der Waals surface area contributed by atoms with Crippen molar-refractivity contribution in [1.82, 2.24) is 0 Å². The molecule has 3 nitrogen and oxygen atoms in total. The van der Waals surface area contributed by atoms with Crippen molar-refractivity contribution in [3.8, 4) is 0 Å². The fourth-order valence-electron chi connectivity index (χ4n) is 0.508. The van der Waals surface area contributed by atoms with Crippen LogP contribution in [0.1, 0.15) is 12.8 Å². The fraction of sp³-hybridized carbons (Fsp3) is 0.571. The van der Waals surface area contributed by atoms with Crippen LogP contribution in [-0.2, 0) is 14.0 Å². The Balaban J connectivity index is 3.01. The maximum Gasteiger partial charge on any atom is 0.330 e. The van der Waals surface area contributed by atoms with Crippen molar-refractivity contribution in [2.45, 2.75) is 12.8 Å². The maximum atomic E-state index is 10.5. The molecular formula is C7H11O3Si. The average Bonchev–Trinajstić information content (AvgIpc) is 2.04. The molecule has 0 aliphatic heterocycles. The van der Waals surface area contributed by atoms with E-state index in [1.54, 1.807) is 0 Å². The molecule has 0 rings (SSSR count). The van der Waals surface area contributed by atoms with Crippen molar-refractivity contribution in [2.75, 3.05) is 13.2 Å². The predicted octanol–water partition coefficient (Wildman–Crippen LogP) is 0.596. The maximum absolute atomic E-state index is 10.5. The molecule has 11 heavy (non-hydrogen) atoms. The van der Waals surface area contributed by atoms with Gasteiger partial charge in [0.25, 0.3) is 0 Å². The van der Waals surface area contributed by atoms with Gasteiger partial charge >= 0.3 is 5.97 Å². The van der Waals surface area contributed by atoms with Crippen LogP contribution >= 0.6 is 0 Å². The molecule has 61 valence electrons. The van der Waals surface area contributed by atoms with Crippen molar-refractivity contribution in [2.24, 2.45) is 0 Å². The Morgan fingerprint density at radius 1 is 1.45 bits per heavy atom. The SMILES string of the molecule is C=CC(=O)OCCCCO[Si]. The number of hydrogen-bond donors (Lipinski definition) is 0. The van der Waals surface area contributed by atoms with E-state index in [1.807, 2.05) is 0 Å². The van der Waals surface area contributed by atoms with E-state index in [1.165, 1.54) is 0 Å². The second-order valence-electron chi connectivity index (χ2n) is 1.93. The van der Waals surface area contributed by atoms with Crippen LogP contribution in [0.25, 0.3) is 0 Å². The van der Waals surface area contributed by atoms with Gasteiger partial charge in [0.1, 0.15) is 0 Å². The number of esters is 1. The molecule has 4 heteroatoms. The molecule has 0 saturated carbocycles. The third kappa shape index (κ3) is 7.28. The zero-order valence-electron chi connectivity index (χ0n) is 6.34. The second kappa shape index (κ2) is 7.49. The van der Waals surface area contributed by atoms with Gasteiger partial charge in [0.15, 0.2) is 0 Å². The molecule has 0 amide bonds. The Bertz CT molecular complexity index is 125. The molecule has 0 saturated heterocycles. The Morgan fingerprint density at radius 2 is 2.09 bits per heavy atom. The third-order valence-corrected chi connectivity index (χ3v) is 1.26. The minimum Gasteiger partial charge on any atom is -0.463 e. The molecule has 0 fully saturated rings. The molecule has 3 radical (unpaired) electrons. The number of rotatable bonds is 6. The highest BCUT2D eigenvalue weighted by molar-refractivity contribution is 5.97. The van der Waals surface area contributed by atoms with Crippen LogP contribution in [0.15, 0.2) is 12.7 Å². The van der Waals surface area contributed by atoms with Gasteiger partial charge < -0.3 is 9.16 Å². The Morgan fingerprint density at radius 3 is 2.64 bits per heavy atom. The molecular weight excluding hydrogens is 160 g/mol. The number of unbranched alkanes of at least 4 members (excludes halogenated alkanes) is 1. The van der Waals surface area contributed by atoms with E-state index in [-0.39, 0.29) is 5.97 Å². The topological polar surface area (TPSA) is 35.5 Å². The number of carbonyl (C=O) groups is 1. The number of hydrogen-bond acceptors (Lipinski definition) is 3. The summed E-state index contributed by atoms with van der Waals surface area (Å²) in [4.78, 5) is 10.5. The van der Waals surface area contributed by atoms with E-state index in [2.05, 4.69) is 21.5 Å². The van der Waals surface area contributed by atoms with Gasteiger partial charge in [-0.2, -0.15) is 0 Å². The van der Waals surface area contributed by atoms with E-state index in [0.717, 1.165) is 18.9 Å². The lowest BCUT2D eigenvalue weighted by molar-refractivity contribution is -0.137. The van der Waals surface area contributed by atoms with E-state index < -0.39 is 0 Å². The molecule has 0 unspecified atom stereocenters. The quantitative estimate of drug-likeness (QED) is 0.254. The summed E-state index contributed by atoms with van der Waals surface area (Å²) in [5, 5.41) is 0. The van der Waals surface area contributed by atoms with Crippen molar-refractivity contribution in [3.63, 3.8) is 0 Å². The van der Waals surface area contributed by atoms with Gasteiger partial charge in [0.05, 0.1) is 6.61 Å². The molecule has 0 aliphatic rings. The highest BCUT2D eigenvalue weighted by atomic mass is 28.2. The molecule has 0 bridgehead atoms. The summed E-state index contributed by atoms with van der Waals surface area (Å²) in [5.41, 5.74) is 0. The number of ether oxygens (including phenoxy) is 1. The van der Waals surface area contributed by atoms with Crippen LogP contribution in [-0.4, -0.2) is 29.7 Å². The highest BCUT2D eigenvalue weighted by Gasteiger charge is 1.93. The Hall–Kier alpha value is -0.613.